The highest BCUT2D eigenvalue weighted by Gasteiger charge is 2.39. The molecule has 0 radical (unpaired) electrons. The van der Waals surface area contributed by atoms with Gasteiger partial charge in [0, 0.05) is 22.2 Å². The first-order valence-corrected chi connectivity index (χ1v) is 11.1. The van der Waals surface area contributed by atoms with Crippen LogP contribution in [0.5, 0.6) is 0 Å². The standard InChI is InChI=1S/C22H22Cl2F3N5O3/c1-12-3-2-4-15(19(12)24)16(9-28)29-18(34)11-32-21(35)31(10-17(33)22(25,26)27)20(30-32)13-5-7-14(23)8-6-13/h2-8,16-17,33H,9-11,28H2,1H3,(H,29,34). The summed E-state index contributed by atoms with van der Waals surface area (Å²) in [5.41, 5.74) is 6.42. The number of nitrogens with two attached hydrogens (primary N) is 1. The van der Waals surface area contributed by atoms with E-state index >= 15 is 0 Å². The van der Waals surface area contributed by atoms with Gasteiger partial charge in [0.1, 0.15) is 6.54 Å². The summed E-state index contributed by atoms with van der Waals surface area (Å²) in [5.74, 6) is -0.830. The van der Waals surface area contributed by atoms with Crippen LogP contribution in [0.4, 0.5) is 13.2 Å². The molecule has 0 aliphatic carbocycles. The van der Waals surface area contributed by atoms with E-state index in [1.807, 2.05) is 0 Å². The van der Waals surface area contributed by atoms with Crippen molar-refractivity contribution < 1.29 is 23.1 Å². The zero-order chi connectivity index (χ0) is 25.9. The summed E-state index contributed by atoms with van der Waals surface area (Å²) in [6.45, 7) is 0.0911. The summed E-state index contributed by atoms with van der Waals surface area (Å²) < 4.78 is 40.3. The van der Waals surface area contributed by atoms with Crippen molar-refractivity contribution in [3.8, 4) is 11.4 Å². The summed E-state index contributed by atoms with van der Waals surface area (Å²) in [7, 11) is 0. The fraction of sp³-hybridized carbons (Fsp3) is 0.318. The molecule has 2 atom stereocenters. The molecule has 0 bridgehead atoms. The maximum atomic E-state index is 13.0. The van der Waals surface area contributed by atoms with E-state index in [4.69, 9.17) is 28.9 Å². The SMILES string of the molecule is Cc1cccc(C(CN)NC(=O)Cn2nc(-c3ccc(Cl)cc3)n(CC(O)C(F)(F)F)c2=O)c1Cl. The Morgan fingerprint density at radius 3 is 2.46 bits per heavy atom. The molecule has 0 aliphatic heterocycles. The van der Waals surface area contributed by atoms with E-state index in [0.29, 0.717) is 24.9 Å². The number of aliphatic hydroxyl groups excluding tert-OH is 1. The second kappa shape index (κ2) is 10.8. The summed E-state index contributed by atoms with van der Waals surface area (Å²) in [6.07, 6.45) is -7.78. The Kier molecular flexibility index (Phi) is 8.26. The molecule has 3 aromatic rings. The summed E-state index contributed by atoms with van der Waals surface area (Å²) in [6, 6.07) is 10.4. The maximum absolute atomic E-state index is 13.0. The molecule has 0 saturated carbocycles. The predicted molar refractivity (Wildman–Crippen MR) is 125 cm³/mol. The van der Waals surface area contributed by atoms with Crippen LogP contribution >= 0.6 is 23.2 Å². The molecule has 4 N–H and O–H groups in total. The van der Waals surface area contributed by atoms with Crippen molar-refractivity contribution in [3.63, 3.8) is 0 Å². The number of aromatic nitrogens is 3. The van der Waals surface area contributed by atoms with Crippen molar-refractivity contribution in [2.45, 2.75) is 38.3 Å². The van der Waals surface area contributed by atoms with Crippen LogP contribution in [-0.2, 0) is 17.9 Å². The monoisotopic (exact) mass is 531 g/mol. The van der Waals surface area contributed by atoms with Gasteiger partial charge >= 0.3 is 11.9 Å². The Morgan fingerprint density at radius 1 is 1.20 bits per heavy atom. The molecule has 1 aromatic heterocycles. The van der Waals surface area contributed by atoms with Gasteiger partial charge in [-0.25, -0.2) is 9.48 Å². The van der Waals surface area contributed by atoms with Gasteiger partial charge in [-0.05, 0) is 42.3 Å². The quantitative estimate of drug-likeness (QED) is 0.413. The third-order valence-corrected chi connectivity index (χ3v) is 5.99. The predicted octanol–water partition coefficient (Wildman–Crippen LogP) is 3.07. The van der Waals surface area contributed by atoms with E-state index in [0.717, 1.165) is 5.56 Å². The lowest BCUT2D eigenvalue weighted by atomic mass is 10.0. The van der Waals surface area contributed by atoms with Crippen LogP contribution in [0, 0.1) is 6.92 Å². The fourth-order valence-corrected chi connectivity index (χ4v) is 3.76. The first-order chi connectivity index (χ1) is 16.4. The Bertz CT molecular complexity index is 1260. The molecule has 0 aliphatic rings. The van der Waals surface area contributed by atoms with E-state index in [-0.39, 0.29) is 17.9 Å². The average molecular weight is 532 g/mol. The molecule has 35 heavy (non-hydrogen) atoms. The molecule has 2 aromatic carbocycles. The number of hydrogen-bond acceptors (Lipinski definition) is 5. The number of nitrogens with one attached hydrogen (secondary N) is 1. The number of carbonyl (C=O) groups excluding carboxylic acids is 1. The molecular weight excluding hydrogens is 510 g/mol. The molecule has 0 fully saturated rings. The highest BCUT2D eigenvalue weighted by atomic mass is 35.5. The normalized spacial score (nSPS) is 13.5. The van der Waals surface area contributed by atoms with Crippen molar-refractivity contribution >= 4 is 29.1 Å². The number of alkyl halides is 3. The zero-order valence-corrected chi connectivity index (χ0v) is 19.9. The van der Waals surface area contributed by atoms with Crippen LogP contribution in [0.15, 0.2) is 47.3 Å². The number of aliphatic hydroxyl groups is 1. The Balaban J connectivity index is 1.91. The lowest BCUT2D eigenvalue weighted by molar-refractivity contribution is -0.207. The van der Waals surface area contributed by atoms with Gasteiger partial charge in [0.05, 0.1) is 12.6 Å². The van der Waals surface area contributed by atoms with E-state index < -0.39 is 43.0 Å². The number of benzene rings is 2. The lowest BCUT2D eigenvalue weighted by Crippen LogP contribution is -2.40. The lowest BCUT2D eigenvalue weighted by Gasteiger charge is -2.19. The minimum atomic E-state index is -4.96. The van der Waals surface area contributed by atoms with Crippen LogP contribution in [0.3, 0.4) is 0 Å². The maximum Gasteiger partial charge on any atom is 0.416 e. The summed E-state index contributed by atoms with van der Waals surface area (Å²) >= 11 is 12.2. The van der Waals surface area contributed by atoms with Gasteiger partial charge in [-0.15, -0.1) is 5.10 Å². The first kappa shape index (κ1) is 26.7. The van der Waals surface area contributed by atoms with Crippen molar-refractivity contribution in [2.24, 2.45) is 5.73 Å². The summed E-state index contributed by atoms with van der Waals surface area (Å²) in [4.78, 5) is 25.6. The van der Waals surface area contributed by atoms with Crippen LogP contribution in [-0.4, -0.2) is 44.2 Å². The van der Waals surface area contributed by atoms with Gasteiger partial charge in [0.25, 0.3) is 0 Å². The number of aryl methyl sites for hydroxylation is 1. The molecule has 2 unspecified atom stereocenters. The molecule has 1 amide bonds. The second-order valence-corrected chi connectivity index (χ2v) is 8.59. The second-order valence-electron chi connectivity index (χ2n) is 7.77. The number of rotatable bonds is 8. The molecule has 0 spiro atoms. The molecule has 13 heteroatoms. The highest BCUT2D eigenvalue weighted by molar-refractivity contribution is 6.32. The van der Waals surface area contributed by atoms with Crippen molar-refractivity contribution in [1.29, 1.82) is 0 Å². The van der Waals surface area contributed by atoms with Crippen LogP contribution in [0.25, 0.3) is 11.4 Å². The van der Waals surface area contributed by atoms with Crippen LogP contribution in [0.1, 0.15) is 17.2 Å². The molecule has 8 nitrogen and oxygen atoms in total. The number of hydrogen-bond donors (Lipinski definition) is 3. The minimum Gasteiger partial charge on any atom is -0.382 e. The van der Waals surface area contributed by atoms with Crippen LogP contribution in [0.2, 0.25) is 10.0 Å². The number of amides is 1. The van der Waals surface area contributed by atoms with Crippen LogP contribution < -0.4 is 16.7 Å². The Hall–Kier alpha value is -2.86. The van der Waals surface area contributed by atoms with E-state index in [2.05, 4.69) is 10.4 Å². The van der Waals surface area contributed by atoms with E-state index in [1.54, 1.807) is 25.1 Å². The Morgan fingerprint density at radius 2 is 1.86 bits per heavy atom. The van der Waals surface area contributed by atoms with Crippen molar-refractivity contribution in [3.05, 3.63) is 74.1 Å². The van der Waals surface area contributed by atoms with Crippen molar-refractivity contribution in [2.75, 3.05) is 6.54 Å². The van der Waals surface area contributed by atoms with E-state index in [1.165, 1.54) is 24.3 Å². The first-order valence-electron chi connectivity index (χ1n) is 10.3. The van der Waals surface area contributed by atoms with Gasteiger partial charge in [-0.3, -0.25) is 9.36 Å². The highest BCUT2D eigenvalue weighted by Crippen LogP contribution is 2.26. The van der Waals surface area contributed by atoms with Gasteiger partial charge in [0.15, 0.2) is 11.9 Å². The molecule has 188 valence electrons. The van der Waals surface area contributed by atoms with Gasteiger partial charge in [0.2, 0.25) is 5.91 Å². The third-order valence-electron chi connectivity index (χ3n) is 5.22. The fourth-order valence-electron chi connectivity index (χ4n) is 3.38. The topological polar surface area (TPSA) is 115 Å². The molecule has 1 heterocycles. The smallest absolute Gasteiger partial charge is 0.382 e. The molecular formula is C22H22Cl2F3N5O3. The summed E-state index contributed by atoms with van der Waals surface area (Å²) in [5, 5.41) is 17.0. The zero-order valence-electron chi connectivity index (χ0n) is 18.4. The molecule has 0 saturated heterocycles. The number of halogens is 5. The molecule has 3 rings (SSSR count). The van der Waals surface area contributed by atoms with Gasteiger partial charge in [-0.2, -0.15) is 13.2 Å². The average Bonchev–Trinajstić information content (AvgIpc) is 3.09. The van der Waals surface area contributed by atoms with Crippen molar-refractivity contribution in [1.82, 2.24) is 19.7 Å². The minimum absolute atomic E-state index is 0.00600. The number of carbonyl (C=O) groups is 1. The van der Waals surface area contributed by atoms with Gasteiger partial charge in [-0.1, -0.05) is 41.4 Å². The largest absolute Gasteiger partial charge is 0.416 e. The van der Waals surface area contributed by atoms with Gasteiger partial charge < -0.3 is 16.2 Å². The number of nitrogens with zero attached hydrogens (tertiary/aromatic N) is 3. The third kappa shape index (κ3) is 6.23. The van der Waals surface area contributed by atoms with E-state index in [9.17, 15) is 27.9 Å². The Labute approximate surface area is 208 Å².